The van der Waals surface area contributed by atoms with E-state index in [-0.39, 0.29) is 0 Å². The van der Waals surface area contributed by atoms with E-state index in [2.05, 4.69) is 18.9 Å². The predicted molar refractivity (Wildman–Crippen MR) is 57.5 cm³/mol. The molecule has 0 aliphatic carbocycles. The first-order valence-corrected chi connectivity index (χ1v) is 5.55. The first-order chi connectivity index (χ1) is 6.78. The minimum atomic E-state index is 0.507. The monoisotopic (exact) mass is 194 g/mol. The number of hydrogen-bond acceptors (Lipinski definition) is 1. The van der Waals surface area contributed by atoms with Crippen LogP contribution in [0.3, 0.4) is 0 Å². The first kappa shape index (κ1) is 9.78. The topological polar surface area (TPSA) is 9.23 Å². The van der Waals surface area contributed by atoms with E-state index in [0.29, 0.717) is 6.04 Å². The summed E-state index contributed by atoms with van der Waals surface area (Å²) < 4.78 is 6.44. The summed E-state index contributed by atoms with van der Waals surface area (Å²) in [7, 11) is 1.74. The Bertz CT molecular complexity index is 259. The highest BCUT2D eigenvalue weighted by molar-refractivity contribution is 4.98. The molecule has 0 amide bonds. The van der Waals surface area contributed by atoms with Crippen LogP contribution in [0.2, 0.25) is 0 Å². The van der Waals surface area contributed by atoms with Gasteiger partial charge in [-0.05, 0) is 18.9 Å². The standard InChI is InChI=1S/C12H20NO/c1-11(14-2)12-7-3-4-8-13(12)9-5-6-10-13/h5,9,12H,1,3-4,6-8,10H2,2H3/q+1/t12-,13-/m1/s1. The summed E-state index contributed by atoms with van der Waals surface area (Å²) in [6.07, 6.45) is 9.79. The van der Waals surface area contributed by atoms with Crippen LogP contribution in [0.15, 0.2) is 24.6 Å². The van der Waals surface area contributed by atoms with Gasteiger partial charge in [0.05, 0.1) is 26.4 Å². The van der Waals surface area contributed by atoms with Crippen LogP contribution in [0.25, 0.3) is 0 Å². The molecule has 2 heteroatoms. The maximum absolute atomic E-state index is 5.33. The fraction of sp³-hybridized carbons (Fsp3) is 0.667. The predicted octanol–water partition coefficient (Wildman–Crippen LogP) is 2.43. The van der Waals surface area contributed by atoms with Crippen molar-refractivity contribution in [3.8, 4) is 0 Å². The SMILES string of the molecule is C=C(OC)[C@H]1CCCC[N@+]12C=CCC2. The van der Waals surface area contributed by atoms with Crippen molar-refractivity contribution in [3.05, 3.63) is 24.6 Å². The number of methoxy groups -OCH3 is 1. The molecule has 2 rings (SSSR count). The van der Waals surface area contributed by atoms with Crippen molar-refractivity contribution < 1.29 is 9.22 Å². The van der Waals surface area contributed by atoms with Crippen LogP contribution < -0.4 is 0 Å². The van der Waals surface area contributed by atoms with Gasteiger partial charge in [0.25, 0.3) is 0 Å². The van der Waals surface area contributed by atoms with E-state index in [1.165, 1.54) is 38.8 Å². The van der Waals surface area contributed by atoms with Crippen molar-refractivity contribution in [2.24, 2.45) is 0 Å². The molecule has 0 bridgehead atoms. The fourth-order valence-electron chi connectivity index (χ4n) is 2.86. The van der Waals surface area contributed by atoms with Crippen LogP contribution in [-0.2, 0) is 4.74 Å². The third kappa shape index (κ3) is 1.48. The third-order valence-corrected chi connectivity index (χ3v) is 3.67. The van der Waals surface area contributed by atoms with Crippen LogP contribution in [0.5, 0.6) is 0 Å². The largest absolute Gasteiger partial charge is 0.495 e. The Hall–Kier alpha value is -0.760. The van der Waals surface area contributed by atoms with E-state index in [1.807, 2.05) is 0 Å². The summed E-state index contributed by atoms with van der Waals surface area (Å²) in [5, 5.41) is 0. The molecule has 2 aliphatic rings. The highest BCUT2D eigenvalue weighted by Gasteiger charge is 2.41. The lowest BCUT2D eigenvalue weighted by atomic mass is 9.98. The van der Waals surface area contributed by atoms with Crippen LogP contribution in [0.1, 0.15) is 25.7 Å². The van der Waals surface area contributed by atoms with Gasteiger partial charge in [0.1, 0.15) is 5.76 Å². The van der Waals surface area contributed by atoms with E-state index < -0.39 is 0 Å². The Morgan fingerprint density at radius 3 is 2.93 bits per heavy atom. The summed E-state index contributed by atoms with van der Waals surface area (Å²) in [5.74, 6) is 0.969. The average Bonchev–Trinajstić information content (AvgIpc) is 2.67. The maximum atomic E-state index is 5.33. The second-order valence-corrected chi connectivity index (χ2v) is 4.41. The smallest absolute Gasteiger partial charge is 0.150 e. The second kappa shape index (κ2) is 3.77. The molecule has 2 aliphatic heterocycles. The highest BCUT2D eigenvalue weighted by atomic mass is 16.5. The minimum Gasteiger partial charge on any atom is -0.495 e. The van der Waals surface area contributed by atoms with Crippen molar-refractivity contribution in [1.82, 2.24) is 0 Å². The number of ether oxygens (including phenoxy) is 1. The molecule has 2 heterocycles. The molecule has 0 saturated carbocycles. The summed E-state index contributed by atoms with van der Waals surface area (Å²) >= 11 is 0. The Morgan fingerprint density at radius 2 is 2.29 bits per heavy atom. The van der Waals surface area contributed by atoms with Gasteiger partial charge in [0.2, 0.25) is 0 Å². The lowest BCUT2D eigenvalue weighted by molar-refractivity contribution is -0.900. The molecule has 0 N–H and O–H groups in total. The number of piperidine rings is 1. The maximum Gasteiger partial charge on any atom is 0.150 e. The molecule has 78 valence electrons. The van der Waals surface area contributed by atoms with E-state index >= 15 is 0 Å². The molecule has 0 aromatic heterocycles. The number of quaternary nitrogens is 1. The van der Waals surface area contributed by atoms with Gasteiger partial charge in [-0.25, -0.2) is 0 Å². The van der Waals surface area contributed by atoms with Gasteiger partial charge >= 0.3 is 0 Å². The molecule has 1 spiro atoms. The molecule has 0 aromatic rings. The van der Waals surface area contributed by atoms with Crippen molar-refractivity contribution >= 4 is 0 Å². The van der Waals surface area contributed by atoms with Gasteiger partial charge in [-0.15, -0.1) is 0 Å². The van der Waals surface area contributed by atoms with Crippen LogP contribution in [0.4, 0.5) is 0 Å². The number of nitrogens with zero attached hydrogens (tertiary/aromatic N) is 1. The molecular formula is C12H20NO+. The Labute approximate surface area is 86.4 Å². The van der Waals surface area contributed by atoms with Crippen molar-refractivity contribution in [2.75, 3.05) is 20.2 Å². The summed E-state index contributed by atoms with van der Waals surface area (Å²) in [5.41, 5.74) is 0. The lowest BCUT2D eigenvalue weighted by Gasteiger charge is -2.42. The zero-order chi connectivity index (χ0) is 10.0. The highest BCUT2D eigenvalue weighted by Crippen LogP contribution is 2.34. The third-order valence-electron chi connectivity index (χ3n) is 3.67. The summed E-state index contributed by atoms with van der Waals surface area (Å²) in [6, 6.07) is 0.507. The van der Waals surface area contributed by atoms with E-state index in [4.69, 9.17) is 4.74 Å². The minimum absolute atomic E-state index is 0.507. The van der Waals surface area contributed by atoms with Gasteiger partial charge in [0.15, 0.2) is 6.04 Å². The van der Waals surface area contributed by atoms with Gasteiger partial charge < -0.3 is 4.74 Å². The molecule has 0 unspecified atom stereocenters. The molecule has 0 radical (unpaired) electrons. The van der Waals surface area contributed by atoms with Crippen LogP contribution >= 0.6 is 0 Å². The summed E-state index contributed by atoms with van der Waals surface area (Å²) in [4.78, 5) is 0. The molecule has 1 saturated heterocycles. The van der Waals surface area contributed by atoms with Gasteiger partial charge in [0, 0.05) is 12.8 Å². The Morgan fingerprint density at radius 1 is 1.43 bits per heavy atom. The zero-order valence-electron chi connectivity index (χ0n) is 9.04. The molecule has 0 aromatic carbocycles. The quantitative estimate of drug-likeness (QED) is 0.484. The Balaban J connectivity index is 2.19. The average molecular weight is 194 g/mol. The molecule has 2 nitrogen and oxygen atoms in total. The van der Waals surface area contributed by atoms with Crippen molar-refractivity contribution in [2.45, 2.75) is 31.7 Å². The molecular weight excluding hydrogens is 174 g/mol. The van der Waals surface area contributed by atoms with Crippen molar-refractivity contribution in [1.29, 1.82) is 0 Å². The molecule has 1 fully saturated rings. The van der Waals surface area contributed by atoms with Gasteiger partial charge in [-0.1, -0.05) is 6.58 Å². The number of rotatable bonds is 2. The van der Waals surface area contributed by atoms with Gasteiger partial charge in [-0.3, -0.25) is 4.48 Å². The van der Waals surface area contributed by atoms with Crippen LogP contribution in [0, 0.1) is 0 Å². The van der Waals surface area contributed by atoms with Gasteiger partial charge in [-0.2, -0.15) is 0 Å². The van der Waals surface area contributed by atoms with Crippen LogP contribution in [-0.4, -0.2) is 30.7 Å². The van der Waals surface area contributed by atoms with E-state index in [0.717, 1.165) is 10.2 Å². The Kier molecular flexibility index (Phi) is 2.64. The normalized spacial score (nSPS) is 36.2. The van der Waals surface area contributed by atoms with Crippen molar-refractivity contribution in [3.63, 3.8) is 0 Å². The second-order valence-electron chi connectivity index (χ2n) is 4.41. The first-order valence-electron chi connectivity index (χ1n) is 5.55. The zero-order valence-corrected chi connectivity index (χ0v) is 9.04. The molecule has 14 heavy (non-hydrogen) atoms. The van der Waals surface area contributed by atoms with E-state index in [1.54, 1.807) is 7.11 Å². The fourth-order valence-corrected chi connectivity index (χ4v) is 2.86. The molecule has 2 atom stereocenters. The summed E-state index contributed by atoms with van der Waals surface area (Å²) in [6.45, 7) is 6.55. The van der Waals surface area contributed by atoms with E-state index in [9.17, 15) is 0 Å². The number of hydrogen-bond donors (Lipinski definition) is 0. The lowest BCUT2D eigenvalue weighted by Crippen LogP contribution is -2.53.